The molecule has 19 heavy (non-hydrogen) atoms. The topological polar surface area (TPSA) is 41.0 Å². The minimum absolute atomic E-state index is 0.672. The summed E-state index contributed by atoms with van der Waals surface area (Å²) in [5.41, 5.74) is 0.841. The molecule has 1 heterocycles. The summed E-state index contributed by atoms with van der Waals surface area (Å²) in [6.45, 7) is 6.04. The summed E-state index contributed by atoms with van der Waals surface area (Å²) in [6, 6.07) is 9.52. The van der Waals surface area contributed by atoms with Gasteiger partial charge in [-0.25, -0.2) is 9.97 Å². The second-order valence-corrected chi connectivity index (χ2v) is 4.45. The predicted molar refractivity (Wildman–Crippen MR) is 80.3 cm³/mol. The molecule has 0 atom stereocenters. The van der Waals surface area contributed by atoms with Crippen LogP contribution in [0.1, 0.15) is 13.8 Å². The van der Waals surface area contributed by atoms with Gasteiger partial charge in [0.05, 0.1) is 10.7 Å². The Morgan fingerprint density at radius 3 is 2.58 bits per heavy atom. The normalized spacial score (nSPS) is 10.3. The van der Waals surface area contributed by atoms with Crippen molar-refractivity contribution in [1.82, 2.24) is 9.97 Å². The van der Waals surface area contributed by atoms with Crippen LogP contribution < -0.4 is 10.2 Å². The highest BCUT2D eigenvalue weighted by Gasteiger charge is 2.06. The van der Waals surface area contributed by atoms with Crippen molar-refractivity contribution < 1.29 is 0 Å². The van der Waals surface area contributed by atoms with E-state index in [1.165, 1.54) is 0 Å². The zero-order valence-corrected chi connectivity index (χ0v) is 11.9. The molecule has 5 heteroatoms. The summed E-state index contributed by atoms with van der Waals surface area (Å²) in [4.78, 5) is 10.7. The second-order valence-electron chi connectivity index (χ2n) is 4.04. The molecule has 1 aromatic carbocycles. The van der Waals surface area contributed by atoms with Gasteiger partial charge in [0.25, 0.3) is 0 Å². The van der Waals surface area contributed by atoms with E-state index in [2.05, 4.69) is 34.0 Å². The molecule has 2 aromatic rings. The quantitative estimate of drug-likeness (QED) is 0.904. The Labute approximate surface area is 118 Å². The maximum atomic E-state index is 6.11. The maximum Gasteiger partial charge on any atom is 0.135 e. The number of hydrogen-bond donors (Lipinski definition) is 1. The number of aromatic nitrogens is 2. The molecule has 0 aliphatic rings. The van der Waals surface area contributed by atoms with Gasteiger partial charge in [0.2, 0.25) is 0 Å². The Morgan fingerprint density at radius 2 is 1.89 bits per heavy atom. The third-order valence-electron chi connectivity index (χ3n) is 2.88. The van der Waals surface area contributed by atoms with E-state index in [0.717, 1.165) is 30.4 Å². The Bertz CT molecular complexity index is 540. The third kappa shape index (κ3) is 3.35. The Balaban J connectivity index is 2.22. The highest BCUT2D eigenvalue weighted by Crippen LogP contribution is 2.24. The summed E-state index contributed by atoms with van der Waals surface area (Å²) >= 11 is 6.11. The summed E-state index contributed by atoms with van der Waals surface area (Å²) in [7, 11) is 0. The molecule has 1 aromatic heterocycles. The first-order valence-electron chi connectivity index (χ1n) is 6.33. The van der Waals surface area contributed by atoms with Crippen LogP contribution in [0.15, 0.2) is 36.7 Å². The Morgan fingerprint density at radius 1 is 1.16 bits per heavy atom. The highest BCUT2D eigenvalue weighted by atomic mass is 35.5. The molecule has 1 N–H and O–H groups in total. The second kappa shape index (κ2) is 6.38. The molecule has 0 fully saturated rings. The number of halogens is 1. The first-order chi connectivity index (χ1) is 9.24. The van der Waals surface area contributed by atoms with Gasteiger partial charge >= 0.3 is 0 Å². The van der Waals surface area contributed by atoms with Gasteiger partial charge in [-0.15, -0.1) is 0 Å². The summed E-state index contributed by atoms with van der Waals surface area (Å²) in [5.74, 6) is 1.65. The molecule has 0 spiro atoms. The first kappa shape index (κ1) is 13.6. The van der Waals surface area contributed by atoms with E-state index in [1.807, 2.05) is 30.3 Å². The van der Waals surface area contributed by atoms with Crippen LogP contribution in [0.2, 0.25) is 5.02 Å². The van der Waals surface area contributed by atoms with Crippen LogP contribution in [0.4, 0.5) is 17.3 Å². The van der Waals surface area contributed by atoms with E-state index < -0.39 is 0 Å². The smallest absolute Gasteiger partial charge is 0.135 e. The highest BCUT2D eigenvalue weighted by molar-refractivity contribution is 6.33. The standard InChI is InChI=1S/C14H17ClN4/c1-3-19(4-2)14-9-13(16-10-17-14)18-12-8-6-5-7-11(12)15/h5-10H,3-4H2,1-2H3,(H,16,17,18). The largest absolute Gasteiger partial charge is 0.357 e. The van der Waals surface area contributed by atoms with E-state index in [9.17, 15) is 0 Å². The molecule has 4 nitrogen and oxygen atoms in total. The molecule has 0 unspecified atom stereocenters. The predicted octanol–water partition coefficient (Wildman–Crippen LogP) is 3.72. The average molecular weight is 277 g/mol. The van der Waals surface area contributed by atoms with Gasteiger partial charge in [-0.2, -0.15) is 0 Å². The van der Waals surface area contributed by atoms with Crippen molar-refractivity contribution in [3.05, 3.63) is 41.7 Å². The summed E-state index contributed by atoms with van der Waals surface area (Å²) < 4.78 is 0. The Kier molecular flexibility index (Phi) is 4.58. The van der Waals surface area contributed by atoms with Crippen LogP contribution in [0, 0.1) is 0 Å². The van der Waals surface area contributed by atoms with Gasteiger partial charge in [0.1, 0.15) is 18.0 Å². The number of benzene rings is 1. The molecule has 2 rings (SSSR count). The number of nitrogens with one attached hydrogen (secondary N) is 1. The van der Waals surface area contributed by atoms with Crippen LogP contribution in [-0.4, -0.2) is 23.1 Å². The van der Waals surface area contributed by atoms with Crippen molar-refractivity contribution in [1.29, 1.82) is 0 Å². The third-order valence-corrected chi connectivity index (χ3v) is 3.21. The van der Waals surface area contributed by atoms with Gasteiger partial charge in [-0.3, -0.25) is 0 Å². The van der Waals surface area contributed by atoms with Gasteiger partial charge in [0, 0.05) is 19.2 Å². The van der Waals surface area contributed by atoms with Gasteiger partial charge < -0.3 is 10.2 Å². The fraction of sp³-hybridized carbons (Fsp3) is 0.286. The Hall–Kier alpha value is -1.81. The van der Waals surface area contributed by atoms with Gasteiger partial charge in [0.15, 0.2) is 0 Å². The fourth-order valence-electron chi connectivity index (χ4n) is 1.84. The zero-order chi connectivity index (χ0) is 13.7. The van der Waals surface area contributed by atoms with Crippen molar-refractivity contribution in [3.8, 4) is 0 Å². The van der Waals surface area contributed by atoms with Crippen molar-refractivity contribution in [2.75, 3.05) is 23.3 Å². The van der Waals surface area contributed by atoms with Crippen LogP contribution in [0.3, 0.4) is 0 Å². The molecule has 0 radical (unpaired) electrons. The molecular formula is C14H17ClN4. The lowest BCUT2D eigenvalue weighted by Gasteiger charge is -2.20. The SMILES string of the molecule is CCN(CC)c1cc(Nc2ccccc2Cl)ncn1. The number of nitrogens with zero attached hydrogens (tertiary/aromatic N) is 3. The number of para-hydroxylation sites is 1. The van der Waals surface area contributed by atoms with E-state index in [-0.39, 0.29) is 0 Å². The summed E-state index contributed by atoms with van der Waals surface area (Å²) in [6.07, 6.45) is 1.56. The molecule has 0 aliphatic carbocycles. The van der Waals surface area contributed by atoms with Crippen molar-refractivity contribution in [2.24, 2.45) is 0 Å². The fourth-order valence-corrected chi connectivity index (χ4v) is 2.02. The van der Waals surface area contributed by atoms with Crippen LogP contribution >= 0.6 is 11.6 Å². The van der Waals surface area contributed by atoms with Crippen molar-refractivity contribution >= 4 is 28.9 Å². The molecule has 0 amide bonds. The van der Waals surface area contributed by atoms with Crippen LogP contribution in [0.5, 0.6) is 0 Å². The molecule has 0 bridgehead atoms. The monoisotopic (exact) mass is 276 g/mol. The first-order valence-corrected chi connectivity index (χ1v) is 6.71. The summed E-state index contributed by atoms with van der Waals surface area (Å²) in [5, 5.41) is 3.88. The van der Waals surface area contributed by atoms with Gasteiger partial charge in [-0.05, 0) is 26.0 Å². The van der Waals surface area contributed by atoms with E-state index in [4.69, 9.17) is 11.6 Å². The van der Waals surface area contributed by atoms with E-state index >= 15 is 0 Å². The minimum atomic E-state index is 0.672. The molecular weight excluding hydrogens is 260 g/mol. The lowest BCUT2D eigenvalue weighted by molar-refractivity contribution is 0.842. The van der Waals surface area contributed by atoms with Crippen molar-refractivity contribution in [3.63, 3.8) is 0 Å². The van der Waals surface area contributed by atoms with Gasteiger partial charge in [-0.1, -0.05) is 23.7 Å². The van der Waals surface area contributed by atoms with Crippen LogP contribution in [-0.2, 0) is 0 Å². The van der Waals surface area contributed by atoms with Crippen molar-refractivity contribution in [2.45, 2.75) is 13.8 Å². The van der Waals surface area contributed by atoms with E-state index in [1.54, 1.807) is 6.33 Å². The molecule has 0 saturated heterocycles. The number of hydrogen-bond acceptors (Lipinski definition) is 4. The lowest BCUT2D eigenvalue weighted by atomic mass is 10.3. The zero-order valence-electron chi connectivity index (χ0n) is 11.1. The lowest BCUT2D eigenvalue weighted by Crippen LogP contribution is -2.23. The number of anilines is 3. The average Bonchev–Trinajstić information content (AvgIpc) is 2.43. The minimum Gasteiger partial charge on any atom is -0.357 e. The van der Waals surface area contributed by atoms with Crippen LogP contribution in [0.25, 0.3) is 0 Å². The van der Waals surface area contributed by atoms with E-state index in [0.29, 0.717) is 5.02 Å². The number of rotatable bonds is 5. The molecule has 0 aliphatic heterocycles. The molecule has 0 saturated carbocycles. The molecule has 100 valence electrons. The maximum absolute atomic E-state index is 6.11.